The number of hydrogen-bond donors (Lipinski definition) is 0. The van der Waals surface area contributed by atoms with E-state index in [9.17, 15) is 0 Å². The van der Waals surface area contributed by atoms with Gasteiger partial charge < -0.3 is 5.48 Å². The van der Waals surface area contributed by atoms with E-state index in [1.807, 2.05) is 0 Å². The molecule has 0 aromatic carbocycles. The second kappa shape index (κ2) is 30.1. The van der Waals surface area contributed by atoms with Crippen LogP contribution < -0.4 is 0 Å². The fraction of sp³-hybridized carbons (Fsp3) is 0. The van der Waals surface area contributed by atoms with Crippen LogP contribution >= 0.6 is 0 Å². The monoisotopic (exact) mass is 130 g/mol. The van der Waals surface area contributed by atoms with Crippen LogP contribution in [0.25, 0.3) is 0 Å². The van der Waals surface area contributed by atoms with Gasteiger partial charge in [0, 0.05) is 21.7 Å². The molecule has 0 aliphatic heterocycles. The molecule has 0 bridgehead atoms. The summed E-state index contributed by atoms with van der Waals surface area (Å²) in [4.78, 5) is 0. The van der Waals surface area contributed by atoms with Crippen LogP contribution in [-0.2, 0) is 45.4 Å². The number of rotatable bonds is 0. The van der Waals surface area contributed by atoms with Crippen molar-refractivity contribution in [1.82, 2.24) is 0 Å². The normalized spacial score (nSPS) is 0.750. The maximum atomic E-state index is 8.25. The molecule has 2 nitrogen and oxygen atoms in total. The third-order valence-corrected chi connectivity index (χ3v) is 0. The average Bonchev–Trinajstić information content (AvgIpc) is 1.00. The third kappa shape index (κ3) is 10.8. The van der Waals surface area contributed by atoms with Crippen LogP contribution in [-0.4, -0.2) is 5.48 Å². The van der Waals surface area contributed by atoms with E-state index >= 15 is 0 Å². The molecule has 0 aliphatic rings. The average molecular weight is 130 g/mol. The molecule has 4 heteroatoms. The molecule has 2 N–H and O–H groups in total. The Morgan fingerprint density at radius 3 is 1.25 bits per heavy atom. The van der Waals surface area contributed by atoms with E-state index in [4.69, 9.17) is 3.32 Å². The van der Waals surface area contributed by atoms with Crippen molar-refractivity contribution in [3.05, 3.63) is 0 Å². The quantitative estimate of drug-likeness (QED) is 0.390. The van der Waals surface area contributed by atoms with E-state index in [0.29, 0.717) is 0 Å². The maximum absolute atomic E-state index is 8.25. The Bertz CT molecular complexity index is 4.00. The van der Waals surface area contributed by atoms with Gasteiger partial charge >= 0.3 is 23.7 Å². The van der Waals surface area contributed by atoms with Crippen LogP contribution in [0, 0.1) is 0 Å². The molecule has 0 saturated carbocycles. The van der Waals surface area contributed by atoms with Crippen molar-refractivity contribution in [3.8, 4) is 0 Å². The van der Waals surface area contributed by atoms with Crippen LogP contribution in [0.15, 0.2) is 0 Å². The Kier molecular flexibility index (Phi) is 143. The Labute approximate surface area is 50.9 Å². The SMILES string of the molecule is O.[O]=[Ti].[Ti]. The largest absolute Gasteiger partial charge is 0 e. The first kappa shape index (κ1) is 19.0. The third-order valence-electron chi connectivity index (χ3n) is 0. The predicted octanol–water partition coefficient (Wildman–Crippen LogP) is -0.949. The molecule has 0 saturated heterocycles. The first-order chi connectivity index (χ1) is 1.00. The van der Waals surface area contributed by atoms with E-state index in [1.165, 1.54) is 0 Å². The van der Waals surface area contributed by atoms with Crippen LogP contribution in [0.1, 0.15) is 0 Å². The summed E-state index contributed by atoms with van der Waals surface area (Å²) in [6, 6.07) is 0. The van der Waals surface area contributed by atoms with Gasteiger partial charge in [0.1, 0.15) is 0 Å². The van der Waals surface area contributed by atoms with Gasteiger partial charge in [-0.15, -0.1) is 0 Å². The molecule has 0 aliphatic carbocycles. The molecule has 0 aromatic rings. The fourth-order valence-corrected chi connectivity index (χ4v) is 0. The van der Waals surface area contributed by atoms with Crippen molar-refractivity contribution in [3.63, 3.8) is 0 Å². The zero-order chi connectivity index (χ0) is 2.00. The smallest absolute Gasteiger partial charge is 0 e. The van der Waals surface area contributed by atoms with Crippen LogP contribution in [0.3, 0.4) is 0 Å². The van der Waals surface area contributed by atoms with Crippen molar-refractivity contribution >= 4 is 0 Å². The van der Waals surface area contributed by atoms with Gasteiger partial charge in [0.2, 0.25) is 0 Å². The fourth-order valence-electron chi connectivity index (χ4n) is 0. The van der Waals surface area contributed by atoms with Crippen molar-refractivity contribution in [2.75, 3.05) is 0 Å². The minimum absolute atomic E-state index is 0. The summed E-state index contributed by atoms with van der Waals surface area (Å²) < 4.78 is 8.25. The standard InChI is InChI=1S/H2O.O.2Ti/h1H2;;;. The Morgan fingerprint density at radius 1 is 1.25 bits per heavy atom. The summed E-state index contributed by atoms with van der Waals surface area (Å²) >= 11 is 0.750. The van der Waals surface area contributed by atoms with Gasteiger partial charge in [0.05, 0.1) is 0 Å². The minimum Gasteiger partial charge on any atom is 0 e. The summed E-state index contributed by atoms with van der Waals surface area (Å²) in [5, 5.41) is 0. The molecule has 0 unspecified atom stereocenters. The zero-order valence-electron chi connectivity index (χ0n) is 1.91. The van der Waals surface area contributed by atoms with Gasteiger partial charge in [0.15, 0.2) is 0 Å². The predicted molar refractivity (Wildman–Crippen MR) is 4.30 cm³/mol. The summed E-state index contributed by atoms with van der Waals surface area (Å²) in [5.41, 5.74) is 0. The molecule has 22 valence electrons. The van der Waals surface area contributed by atoms with Crippen molar-refractivity contribution in [2.24, 2.45) is 0 Å². The van der Waals surface area contributed by atoms with E-state index < -0.39 is 0 Å². The van der Waals surface area contributed by atoms with Crippen LogP contribution in [0.5, 0.6) is 0 Å². The summed E-state index contributed by atoms with van der Waals surface area (Å²) in [6.45, 7) is 0. The first-order valence-corrected chi connectivity index (χ1v) is 0.842. The second-order valence-corrected chi connectivity index (χ2v) is 0. The topological polar surface area (TPSA) is 48.6 Å². The van der Waals surface area contributed by atoms with E-state index in [0.717, 1.165) is 20.4 Å². The molecule has 0 aromatic heterocycles. The van der Waals surface area contributed by atoms with E-state index in [2.05, 4.69) is 0 Å². The van der Waals surface area contributed by atoms with E-state index in [-0.39, 0.29) is 27.2 Å². The van der Waals surface area contributed by atoms with Gasteiger partial charge in [-0.1, -0.05) is 0 Å². The summed E-state index contributed by atoms with van der Waals surface area (Å²) in [7, 11) is 0. The Morgan fingerprint density at radius 2 is 1.25 bits per heavy atom. The summed E-state index contributed by atoms with van der Waals surface area (Å²) in [6.07, 6.45) is 0. The van der Waals surface area contributed by atoms with Crippen LogP contribution in [0.2, 0.25) is 0 Å². The Hall–Kier alpha value is 1.19. The molecule has 0 heterocycles. The zero-order valence-corrected chi connectivity index (χ0v) is 5.03. The first-order valence-electron chi connectivity index (χ1n) is 0.204. The van der Waals surface area contributed by atoms with Gasteiger partial charge in [-0.05, 0) is 0 Å². The molecule has 0 atom stereocenters. The molecule has 4 heavy (non-hydrogen) atoms. The molecule has 0 amide bonds. The van der Waals surface area contributed by atoms with Gasteiger partial charge in [-0.3, -0.25) is 0 Å². The molecule has 0 fully saturated rings. The minimum atomic E-state index is 0. The van der Waals surface area contributed by atoms with E-state index in [1.54, 1.807) is 0 Å². The van der Waals surface area contributed by atoms with Crippen LogP contribution in [0.4, 0.5) is 0 Å². The van der Waals surface area contributed by atoms with Crippen molar-refractivity contribution < 1.29 is 50.9 Å². The molecule has 0 spiro atoms. The summed E-state index contributed by atoms with van der Waals surface area (Å²) in [5.74, 6) is 0. The molecule has 0 rings (SSSR count). The van der Waals surface area contributed by atoms with Crippen molar-refractivity contribution in [2.45, 2.75) is 0 Å². The van der Waals surface area contributed by atoms with Gasteiger partial charge in [0.25, 0.3) is 0 Å². The Balaban J connectivity index is -0.00000000500. The molecular formula is H2O2Ti2. The number of hydrogen-bond acceptors (Lipinski definition) is 1. The molecule has 0 radical (unpaired) electrons. The maximum Gasteiger partial charge on any atom is 0 e. The van der Waals surface area contributed by atoms with Gasteiger partial charge in [-0.25, -0.2) is 0 Å². The molecular weight excluding hydrogens is 128 g/mol. The van der Waals surface area contributed by atoms with Crippen molar-refractivity contribution in [1.29, 1.82) is 0 Å². The second-order valence-electron chi connectivity index (χ2n) is 0. The van der Waals surface area contributed by atoms with Gasteiger partial charge in [-0.2, -0.15) is 0 Å².